The minimum absolute atomic E-state index is 0.0892. The van der Waals surface area contributed by atoms with E-state index < -0.39 is 5.60 Å². The third-order valence-corrected chi connectivity index (χ3v) is 13.0. The Morgan fingerprint density at radius 1 is 0.853 bits per heavy atom. The molecule has 0 aromatic rings. The third kappa shape index (κ3) is 3.24. The van der Waals surface area contributed by atoms with Crippen LogP contribution < -0.4 is 0 Å². The van der Waals surface area contributed by atoms with Gasteiger partial charge in [0, 0.05) is 11.8 Å². The smallest absolute Gasteiger partial charge is 0.0930 e. The van der Waals surface area contributed by atoms with Crippen LogP contribution in [0.15, 0.2) is 12.2 Å². The van der Waals surface area contributed by atoms with Crippen molar-refractivity contribution in [2.45, 2.75) is 134 Å². The zero-order valence-corrected chi connectivity index (χ0v) is 21.7. The standard InChI is InChI=1S/C31H48O3/c1-19-13-30(27-29(3,34-27)14-22-5-4-11-28(2)18-25(19)26(22)28)12-10-21(15-30)20-6-7-23-8-9-24(32)17-31(23,33)16-20/h20-27,32-33H,1,4-18H2,2-3H3/t20-,21-,22+,23+,24+,25-,26-,27-,28+,29-,30-,31+/m1/s1. The van der Waals surface area contributed by atoms with Gasteiger partial charge in [-0.05, 0) is 125 Å². The van der Waals surface area contributed by atoms with Gasteiger partial charge in [0.05, 0.1) is 23.4 Å². The Morgan fingerprint density at radius 2 is 1.65 bits per heavy atom. The van der Waals surface area contributed by atoms with E-state index in [1.165, 1.54) is 64.2 Å². The average molecular weight is 469 g/mol. The summed E-state index contributed by atoms with van der Waals surface area (Å²) < 4.78 is 6.73. The quantitative estimate of drug-likeness (QED) is 0.345. The number of epoxide rings is 1. The van der Waals surface area contributed by atoms with E-state index in [2.05, 4.69) is 13.8 Å². The van der Waals surface area contributed by atoms with Gasteiger partial charge in [0.25, 0.3) is 0 Å². The molecule has 6 aliphatic carbocycles. The molecular formula is C31H48O3. The van der Waals surface area contributed by atoms with Crippen LogP contribution in [0.3, 0.4) is 0 Å². The first-order valence-electron chi connectivity index (χ1n) is 14.9. The van der Waals surface area contributed by atoms with Gasteiger partial charge < -0.3 is 14.9 Å². The fourth-order valence-corrected chi connectivity index (χ4v) is 11.6. The highest BCUT2D eigenvalue weighted by atomic mass is 16.6. The number of aliphatic hydroxyl groups is 2. The first kappa shape index (κ1) is 22.8. The van der Waals surface area contributed by atoms with Crippen LogP contribution in [0.4, 0.5) is 0 Å². The van der Waals surface area contributed by atoms with Gasteiger partial charge in [-0.25, -0.2) is 0 Å². The Kier molecular flexibility index (Phi) is 4.93. The van der Waals surface area contributed by atoms with E-state index in [0.29, 0.717) is 35.7 Å². The monoisotopic (exact) mass is 468 g/mol. The molecule has 0 amide bonds. The molecule has 34 heavy (non-hydrogen) atoms. The fraction of sp³-hybridized carbons (Fsp3) is 0.935. The molecule has 0 unspecified atom stereocenters. The third-order valence-electron chi connectivity index (χ3n) is 13.0. The number of hydrogen-bond donors (Lipinski definition) is 2. The van der Waals surface area contributed by atoms with Gasteiger partial charge in [0.2, 0.25) is 0 Å². The van der Waals surface area contributed by atoms with Crippen LogP contribution in [0.1, 0.15) is 110 Å². The van der Waals surface area contributed by atoms with Gasteiger partial charge in [-0.15, -0.1) is 0 Å². The number of ether oxygens (including phenoxy) is 1. The molecule has 0 aromatic heterocycles. The summed E-state index contributed by atoms with van der Waals surface area (Å²) in [7, 11) is 0. The van der Waals surface area contributed by atoms with Crippen molar-refractivity contribution in [1.82, 2.24) is 0 Å². The Bertz CT molecular complexity index is 869. The maximum atomic E-state index is 11.5. The minimum Gasteiger partial charge on any atom is -0.393 e. The molecule has 7 rings (SSSR count). The molecule has 0 radical (unpaired) electrons. The molecule has 1 heterocycles. The Hall–Kier alpha value is -0.380. The first-order chi connectivity index (χ1) is 16.1. The molecule has 190 valence electrons. The van der Waals surface area contributed by atoms with E-state index in [0.717, 1.165) is 43.4 Å². The zero-order chi connectivity index (χ0) is 23.5. The van der Waals surface area contributed by atoms with E-state index in [1.807, 2.05) is 0 Å². The molecule has 1 spiro atoms. The second kappa shape index (κ2) is 7.35. The average Bonchev–Trinajstić information content (AvgIpc) is 3.24. The normalized spacial score (nSPS) is 60.8. The topological polar surface area (TPSA) is 53.0 Å². The van der Waals surface area contributed by atoms with E-state index in [9.17, 15) is 10.2 Å². The summed E-state index contributed by atoms with van der Waals surface area (Å²) in [6.45, 7) is 9.80. The molecule has 3 nitrogen and oxygen atoms in total. The number of fused-ring (bicyclic) bond motifs is 3. The molecule has 12 atom stereocenters. The van der Waals surface area contributed by atoms with Crippen molar-refractivity contribution < 1.29 is 14.9 Å². The van der Waals surface area contributed by atoms with Crippen LogP contribution in [0.2, 0.25) is 0 Å². The van der Waals surface area contributed by atoms with Gasteiger partial charge in [0.1, 0.15) is 0 Å². The number of rotatable bonds is 1. The maximum Gasteiger partial charge on any atom is 0.0930 e. The van der Waals surface area contributed by atoms with E-state index in [1.54, 1.807) is 5.57 Å². The zero-order valence-electron chi connectivity index (χ0n) is 21.7. The predicted molar refractivity (Wildman–Crippen MR) is 134 cm³/mol. The number of hydrogen-bond acceptors (Lipinski definition) is 3. The highest BCUT2D eigenvalue weighted by Crippen LogP contribution is 2.70. The largest absolute Gasteiger partial charge is 0.393 e. The summed E-state index contributed by atoms with van der Waals surface area (Å²) in [6, 6.07) is 0. The molecule has 0 aromatic carbocycles. The lowest BCUT2D eigenvalue weighted by Gasteiger charge is -2.61. The second-order valence-electron chi connectivity index (χ2n) is 15.1. The summed E-state index contributed by atoms with van der Waals surface area (Å²) in [5.41, 5.74) is 1.88. The fourth-order valence-electron chi connectivity index (χ4n) is 11.6. The number of aliphatic hydroxyl groups excluding tert-OH is 1. The van der Waals surface area contributed by atoms with Crippen LogP contribution in [0.5, 0.6) is 0 Å². The molecular weight excluding hydrogens is 420 g/mol. The summed E-state index contributed by atoms with van der Waals surface area (Å²) in [5, 5.41) is 21.8. The van der Waals surface area contributed by atoms with Crippen molar-refractivity contribution in [3.63, 3.8) is 0 Å². The second-order valence-corrected chi connectivity index (χ2v) is 15.1. The van der Waals surface area contributed by atoms with Crippen molar-refractivity contribution >= 4 is 0 Å². The Labute approximate surface area is 207 Å². The first-order valence-corrected chi connectivity index (χ1v) is 14.9. The van der Waals surface area contributed by atoms with Gasteiger partial charge in [-0.1, -0.05) is 31.9 Å². The Morgan fingerprint density at radius 3 is 2.50 bits per heavy atom. The van der Waals surface area contributed by atoms with E-state index >= 15 is 0 Å². The SMILES string of the molecule is C=C1C[C@@]2(CC[C@@H]([C@@H]3CC[C@H]4CC[C@H](O)C[C@@]4(O)C3)C2)[C@@H]2O[C@]2(C)C[C@@H]2CCC[C@@]3(C)C[C@H]1[C@@H]23. The molecule has 6 saturated carbocycles. The van der Waals surface area contributed by atoms with Crippen LogP contribution in [-0.2, 0) is 4.74 Å². The maximum absolute atomic E-state index is 11.5. The van der Waals surface area contributed by atoms with Crippen LogP contribution in [0.25, 0.3) is 0 Å². The van der Waals surface area contributed by atoms with Crippen LogP contribution >= 0.6 is 0 Å². The van der Waals surface area contributed by atoms with Gasteiger partial charge in [-0.2, -0.15) is 0 Å². The van der Waals surface area contributed by atoms with E-state index in [4.69, 9.17) is 11.3 Å². The minimum atomic E-state index is -0.616. The molecule has 0 bridgehead atoms. The van der Waals surface area contributed by atoms with Crippen molar-refractivity contribution in [2.75, 3.05) is 0 Å². The van der Waals surface area contributed by atoms with Gasteiger partial charge in [-0.3, -0.25) is 0 Å². The van der Waals surface area contributed by atoms with Crippen molar-refractivity contribution in [1.29, 1.82) is 0 Å². The summed E-state index contributed by atoms with van der Waals surface area (Å²) in [6.07, 6.45) is 17.9. The van der Waals surface area contributed by atoms with Crippen molar-refractivity contribution in [3.05, 3.63) is 12.2 Å². The lowest BCUT2D eigenvalue weighted by molar-refractivity contribution is -0.127. The lowest BCUT2D eigenvalue weighted by Crippen LogP contribution is -2.53. The van der Waals surface area contributed by atoms with E-state index in [-0.39, 0.29) is 17.1 Å². The molecule has 1 aliphatic heterocycles. The van der Waals surface area contributed by atoms with Gasteiger partial charge in [0.15, 0.2) is 0 Å². The number of allylic oxidation sites excluding steroid dienone is 1. The molecule has 7 fully saturated rings. The molecule has 1 saturated heterocycles. The molecule has 3 heteroatoms. The molecule has 7 aliphatic rings. The highest BCUT2D eigenvalue weighted by Gasteiger charge is 2.68. The van der Waals surface area contributed by atoms with Gasteiger partial charge >= 0.3 is 0 Å². The Balaban J connectivity index is 1.12. The van der Waals surface area contributed by atoms with Crippen molar-refractivity contribution in [3.8, 4) is 0 Å². The predicted octanol–water partition coefficient (Wildman–Crippen LogP) is 6.42. The highest BCUT2D eigenvalue weighted by molar-refractivity contribution is 5.25. The summed E-state index contributed by atoms with van der Waals surface area (Å²) in [4.78, 5) is 0. The summed E-state index contributed by atoms with van der Waals surface area (Å²) in [5.74, 6) is 4.18. The van der Waals surface area contributed by atoms with Crippen molar-refractivity contribution in [2.24, 2.45) is 46.3 Å². The lowest BCUT2D eigenvalue weighted by atomic mass is 9.44. The summed E-state index contributed by atoms with van der Waals surface area (Å²) >= 11 is 0. The van der Waals surface area contributed by atoms with Crippen LogP contribution in [0, 0.1) is 46.3 Å². The molecule has 2 N–H and O–H groups in total. The van der Waals surface area contributed by atoms with Crippen LogP contribution in [-0.4, -0.2) is 33.6 Å².